The molecule has 1 heterocycles. The number of nitro groups is 1. The standard InChI is InChI=1S/C18H17N3O4S/c1-25-18(22)17(10-12-11-19-16-5-3-2-4-15(12)16)20-26-14-8-6-13(7-9-14)21(23)24/h2-9,11,17,19-20H,10H2,1H3/t17-/m0/s1. The number of nitrogens with one attached hydrogen (secondary N) is 2. The number of hydrogen-bond donors (Lipinski definition) is 2. The van der Waals surface area contributed by atoms with Crippen molar-refractivity contribution in [2.75, 3.05) is 7.11 Å². The molecule has 0 amide bonds. The highest BCUT2D eigenvalue weighted by Gasteiger charge is 2.21. The Balaban J connectivity index is 1.72. The molecule has 0 radical (unpaired) electrons. The van der Waals surface area contributed by atoms with Crippen molar-refractivity contribution < 1.29 is 14.5 Å². The Morgan fingerprint density at radius 3 is 2.69 bits per heavy atom. The summed E-state index contributed by atoms with van der Waals surface area (Å²) in [5.41, 5.74) is 2.04. The summed E-state index contributed by atoms with van der Waals surface area (Å²) in [5.74, 6) is -0.371. The molecule has 0 unspecified atom stereocenters. The smallest absolute Gasteiger partial charge is 0.324 e. The van der Waals surface area contributed by atoms with Gasteiger partial charge in [-0.2, -0.15) is 0 Å². The first-order valence-electron chi connectivity index (χ1n) is 7.88. The van der Waals surface area contributed by atoms with Gasteiger partial charge in [0.15, 0.2) is 0 Å². The third-order valence-electron chi connectivity index (χ3n) is 3.95. The lowest BCUT2D eigenvalue weighted by molar-refractivity contribution is -0.384. The average molecular weight is 371 g/mol. The number of para-hydroxylation sites is 1. The molecule has 0 saturated heterocycles. The van der Waals surface area contributed by atoms with Gasteiger partial charge in [-0.1, -0.05) is 18.2 Å². The maximum atomic E-state index is 12.1. The molecule has 1 aromatic heterocycles. The Labute approximate surface area is 154 Å². The number of aromatic amines is 1. The lowest BCUT2D eigenvalue weighted by atomic mass is 10.1. The molecular weight excluding hydrogens is 354 g/mol. The molecule has 8 heteroatoms. The van der Waals surface area contributed by atoms with Crippen LogP contribution in [-0.2, 0) is 16.0 Å². The number of hydrogen-bond acceptors (Lipinski definition) is 6. The Morgan fingerprint density at radius 2 is 2.00 bits per heavy atom. The maximum absolute atomic E-state index is 12.1. The zero-order chi connectivity index (χ0) is 18.5. The molecule has 3 aromatic rings. The molecule has 0 aliphatic rings. The average Bonchev–Trinajstić information content (AvgIpc) is 3.07. The molecule has 0 aliphatic carbocycles. The number of esters is 1. The third kappa shape index (κ3) is 4.04. The number of ether oxygens (including phenoxy) is 1. The number of rotatable bonds is 7. The van der Waals surface area contributed by atoms with Crippen LogP contribution in [0.5, 0.6) is 0 Å². The number of methoxy groups -OCH3 is 1. The van der Waals surface area contributed by atoms with Gasteiger partial charge in [0.1, 0.15) is 6.04 Å². The molecule has 0 fully saturated rings. The number of non-ortho nitro benzene ring substituents is 1. The second-order valence-electron chi connectivity index (χ2n) is 5.61. The fraction of sp³-hybridized carbons (Fsp3) is 0.167. The maximum Gasteiger partial charge on any atom is 0.324 e. The van der Waals surface area contributed by atoms with Crippen molar-refractivity contribution in [1.82, 2.24) is 9.71 Å². The molecule has 2 aromatic carbocycles. The predicted octanol–water partition coefficient (Wildman–Crippen LogP) is 3.46. The number of H-pyrrole nitrogens is 1. The van der Waals surface area contributed by atoms with Gasteiger partial charge in [-0.3, -0.25) is 14.9 Å². The number of carbonyl (C=O) groups is 1. The first kappa shape index (κ1) is 18.0. The number of carbonyl (C=O) groups excluding carboxylic acids is 1. The molecule has 1 atom stereocenters. The van der Waals surface area contributed by atoms with Crippen LogP contribution in [-0.4, -0.2) is 29.0 Å². The Morgan fingerprint density at radius 1 is 1.27 bits per heavy atom. The summed E-state index contributed by atoms with van der Waals surface area (Å²) < 4.78 is 7.99. The number of aromatic nitrogens is 1. The summed E-state index contributed by atoms with van der Waals surface area (Å²) in [6, 6.07) is 13.4. The van der Waals surface area contributed by atoms with Crippen molar-refractivity contribution in [1.29, 1.82) is 0 Å². The summed E-state index contributed by atoms with van der Waals surface area (Å²) in [7, 11) is 1.35. The fourth-order valence-electron chi connectivity index (χ4n) is 2.61. The predicted molar refractivity (Wildman–Crippen MR) is 99.9 cm³/mol. The van der Waals surface area contributed by atoms with Crippen LogP contribution < -0.4 is 4.72 Å². The van der Waals surface area contributed by atoms with Gasteiger partial charge >= 0.3 is 5.97 Å². The van der Waals surface area contributed by atoms with E-state index in [9.17, 15) is 14.9 Å². The van der Waals surface area contributed by atoms with E-state index in [0.29, 0.717) is 6.42 Å². The van der Waals surface area contributed by atoms with Gasteiger partial charge in [-0.15, -0.1) is 0 Å². The van der Waals surface area contributed by atoms with Gasteiger partial charge in [-0.05, 0) is 35.7 Å². The highest BCUT2D eigenvalue weighted by Crippen LogP contribution is 2.23. The van der Waals surface area contributed by atoms with E-state index in [4.69, 9.17) is 4.74 Å². The number of fused-ring (bicyclic) bond motifs is 1. The molecule has 0 bridgehead atoms. The summed E-state index contributed by atoms with van der Waals surface area (Å²) in [5, 5.41) is 11.8. The van der Waals surface area contributed by atoms with Crippen molar-refractivity contribution in [2.45, 2.75) is 17.4 Å². The van der Waals surface area contributed by atoms with Crippen molar-refractivity contribution in [3.63, 3.8) is 0 Å². The second kappa shape index (κ2) is 8.03. The summed E-state index contributed by atoms with van der Waals surface area (Å²) in [6.45, 7) is 0. The topological polar surface area (TPSA) is 97.3 Å². The van der Waals surface area contributed by atoms with Crippen LogP contribution >= 0.6 is 11.9 Å². The summed E-state index contributed by atoms with van der Waals surface area (Å²) in [6.07, 6.45) is 2.34. The van der Waals surface area contributed by atoms with E-state index >= 15 is 0 Å². The number of nitrogens with zero attached hydrogens (tertiary/aromatic N) is 1. The number of benzene rings is 2. The van der Waals surface area contributed by atoms with Crippen LogP contribution in [0, 0.1) is 10.1 Å². The molecule has 0 spiro atoms. The molecule has 0 aliphatic heterocycles. The third-order valence-corrected chi connectivity index (χ3v) is 4.86. The zero-order valence-electron chi connectivity index (χ0n) is 14.0. The summed E-state index contributed by atoms with van der Waals surface area (Å²) >= 11 is 1.24. The monoisotopic (exact) mass is 371 g/mol. The van der Waals surface area contributed by atoms with Gasteiger partial charge in [-0.25, -0.2) is 4.72 Å². The minimum absolute atomic E-state index is 0.0256. The molecule has 134 valence electrons. The first-order chi connectivity index (χ1) is 12.6. The molecule has 26 heavy (non-hydrogen) atoms. The molecule has 2 N–H and O–H groups in total. The van der Waals surface area contributed by atoms with Gasteiger partial charge < -0.3 is 9.72 Å². The van der Waals surface area contributed by atoms with Crippen LogP contribution in [0.25, 0.3) is 10.9 Å². The quantitative estimate of drug-likeness (QED) is 0.286. The van der Waals surface area contributed by atoms with Crippen LogP contribution in [0.4, 0.5) is 5.69 Å². The van der Waals surface area contributed by atoms with Crippen molar-refractivity contribution >= 4 is 34.5 Å². The second-order valence-corrected chi connectivity index (χ2v) is 6.52. The normalized spacial score (nSPS) is 12.0. The van der Waals surface area contributed by atoms with Crippen LogP contribution in [0.15, 0.2) is 59.6 Å². The van der Waals surface area contributed by atoms with Crippen LogP contribution in [0.3, 0.4) is 0 Å². The largest absolute Gasteiger partial charge is 0.468 e. The Hall–Kier alpha value is -2.84. The van der Waals surface area contributed by atoms with Crippen LogP contribution in [0.2, 0.25) is 0 Å². The minimum atomic E-state index is -0.556. The van der Waals surface area contributed by atoms with Crippen molar-refractivity contribution in [3.05, 3.63) is 70.4 Å². The molecule has 0 saturated carbocycles. The number of nitro benzene ring substituents is 1. The highest BCUT2D eigenvalue weighted by atomic mass is 32.2. The minimum Gasteiger partial charge on any atom is -0.468 e. The Bertz CT molecular complexity index is 924. The van der Waals surface area contributed by atoms with Gasteiger partial charge in [0.05, 0.1) is 12.0 Å². The lowest BCUT2D eigenvalue weighted by Crippen LogP contribution is -2.35. The van der Waals surface area contributed by atoms with E-state index in [-0.39, 0.29) is 11.7 Å². The summed E-state index contributed by atoms with van der Waals surface area (Å²) in [4.78, 5) is 26.4. The van der Waals surface area contributed by atoms with E-state index in [1.165, 1.54) is 31.2 Å². The lowest BCUT2D eigenvalue weighted by Gasteiger charge is -2.15. The van der Waals surface area contributed by atoms with Gasteiger partial charge in [0.25, 0.3) is 5.69 Å². The molecule has 7 nitrogen and oxygen atoms in total. The van der Waals surface area contributed by atoms with Crippen molar-refractivity contribution in [2.24, 2.45) is 0 Å². The first-order valence-corrected chi connectivity index (χ1v) is 8.70. The van der Waals surface area contributed by atoms with Gasteiger partial charge in [0, 0.05) is 40.5 Å². The zero-order valence-corrected chi connectivity index (χ0v) is 14.8. The highest BCUT2D eigenvalue weighted by molar-refractivity contribution is 7.97. The van der Waals surface area contributed by atoms with E-state index in [2.05, 4.69) is 9.71 Å². The van der Waals surface area contributed by atoms with E-state index in [1.54, 1.807) is 12.1 Å². The van der Waals surface area contributed by atoms with E-state index < -0.39 is 11.0 Å². The molecular formula is C18H17N3O4S. The van der Waals surface area contributed by atoms with E-state index in [1.807, 2.05) is 30.5 Å². The van der Waals surface area contributed by atoms with Crippen molar-refractivity contribution in [3.8, 4) is 0 Å². The fourth-order valence-corrected chi connectivity index (χ4v) is 3.34. The van der Waals surface area contributed by atoms with Gasteiger partial charge in [0.2, 0.25) is 0 Å². The molecule has 3 rings (SSSR count). The Kier molecular flexibility index (Phi) is 5.55. The van der Waals surface area contributed by atoms with E-state index in [0.717, 1.165) is 21.4 Å². The van der Waals surface area contributed by atoms with Crippen LogP contribution in [0.1, 0.15) is 5.56 Å². The SMILES string of the molecule is COC(=O)[C@H](Cc1c[nH]c2ccccc12)NSc1ccc([N+](=O)[O-])cc1.